The van der Waals surface area contributed by atoms with Gasteiger partial charge in [0.1, 0.15) is 12.1 Å². The van der Waals surface area contributed by atoms with Crippen LogP contribution in [0.2, 0.25) is 0 Å². The second-order valence-corrected chi connectivity index (χ2v) is 9.17. The molecule has 0 aliphatic carbocycles. The summed E-state index contributed by atoms with van der Waals surface area (Å²) < 4.78 is 34.2. The molecule has 1 aromatic carbocycles. The van der Waals surface area contributed by atoms with Gasteiger partial charge < -0.3 is 15.9 Å². The Hall–Kier alpha value is -1.76. The summed E-state index contributed by atoms with van der Waals surface area (Å²) >= 11 is 1.26. The highest BCUT2D eigenvalue weighted by Gasteiger charge is 2.21. The van der Waals surface area contributed by atoms with Crippen LogP contribution in [0.4, 0.5) is 0 Å². The molecule has 9 nitrogen and oxygen atoms in total. The van der Waals surface area contributed by atoms with Gasteiger partial charge in [0.05, 0.1) is 18.0 Å². The van der Waals surface area contributed by atoms with E-state index in [1.165, 1.54) is 11.3 Å². The van der Waals surface area contributed by atoms with Gasteiger partial charge in [-0.2, -0.15) is 8.42 Å². The van der Waals surface area contributed by atoms with E-state index in [0.29, 0.717) is 41.3 Å². The number of thiazole rings is 1. The summed E-state index contributed by atoms with van der Waals surface area (Å²) in [5.41, 5.74) is 13.3. The largest absolute Gasteiger partial charge is 0.496 e. The number of aromatic nitrogens is 1. The minimum atomic E-state index is -3.87. The van der Waals surface area contributed by atoms with Crippen molar-refractivity contribution in [1.29, 1.82) is 0 Å². The molecule has 0 radical (unpaired) electrons. The first-order chi connectivity index (χ1) is 14.2. The Morgan fingerprint density at radius 2 is 2.00 bits per heavy atom. The fraction of sp³-hybridized carbons (Fsp3) is 0.421. The monoisotopic (exact) mass is 525 g/mol. The van der Waals surface area contributed by atoms with Crippen molar-refractivity contribution in [1.82, 2.24) is 15.8 Å². The van der Waals surface area contributed by atoms with E-state index < -0.39 is 16.1 Å². The van der Waals surface area contributed by atoms with Gasteiger partial charge in [-0.1, -0.05) is 0 Å². The summed E-state index contributed by atoms with van der Waals surface area (Å²) in [5, 5.41) is 2.14. The number of rotatable bonds is 11. The van der Waals surface area contributed by atoms with E-state index in [4.69, 9.17) is 10.5 Å². The van der Waals surface area contributed by atoms with Gasteiger partial charge in [-0.25, -0.2) is 10.4 Å². The maximum Gasteiger partial charge on any atom is 0.284 e. The molecule has 1 heterocycles. The first-order valence-electron chi connectivity index (χ1n) is 9.30. The van der Waals surface area contributed by atoms with Crippen molar-refractivity contribution in [3.8, 4) is 5.75 Å². The summed E-state index contributed by atoms with van der Waals surface area (Å²) in [7, 11) is -2.32. The smallest absolute Gasteiger partial charge is 0.284 e. The zero-order valence-electron chi connectivity index (χ0n) is 18.2. The Morgan fingerprint density at radius 1 is 1.31 bits per heavy atom. The van der Waals surface area contributed by atoms with Gasteiger partial charge in [0, 0.05) is 18.1 Å². The molecule has 0 aliphatic rings. The summed E-state index contributed by atoms with van der Waals surface area (Å²) in [4.78, 5) is 16.2. The van der Waals surface area contributed by atoms with Crippen LogP contribution in [0.5, 0.6) is 5.75 Å². The normalized spacial score (nSPS) is 12.0. The second-order valence-electron chi connectivity index (χ2n) is 6.71. The van der Waals surface area contributed by atoms with Crippen molar-refractivity contribution >= 4 is 58.3 Å². The standard InChI is InChI=1S/C19H27N5O4S2.2ClH/c1-12-10-16(28-4)13(2)14(3)18(12)30(26,27)24-11-23-22-7-5-6-15(20)17(25)19-21-8-9-29-19;;/h8-11,15,22H,5-7,20H2,1-4H3,(H,23,24);2*1H/t15-;;/m0../s1. The Kier molecular flexibility index (Phi) is 13.0. The van der Waals surface area contributed by atoms with Gasteiger partial charge in [0.15, 0.2) is 5.01 Å². The number of sulfonamides is 1. The van der Waals surface area contributed by atoms with Gasteiger partial charge in [-0.05, 0) is 56.4 Å². The summed E-state index contributed by atoms with van der Waals surface area (Å²) in [6.45, 7) is 5.72. The van der Waals surface area contributed by atoms with Gasteiger partial charge in [0.2, 0.25) is 5.78 Å². The minimum Gasteiger partial charge on any atom is -0.496 e. The van der Waals surface area contributed by atoms with E-state index in [-0.39, 0.29) is 35.5 Å². The van der Waals surface area contributed by atoms with Crippen LogP contribution in [0.15, 0.2) is 26.9 Å². The maximum atomic E-state index is 12.6. The molecule has 2 rings (SSSR count). The number of carbonyl (C=O) groups excluding carboxylic acids is 1. The molecule has 32 heavy (non-hydrogen) atoms. The first kappa shape index (κ1) is 30.2. The zero-order chi connectivity index (χ0) is 22.3. The molecule has 0 saturated carbocycles. The molecule has 1 aromatic heterocycles. The Labute approximate surface area is 205 Å². The van der Waals surface area contributed by atoms with Gasteiger partial charge in [0.25, 0.3) is 10.0 Å². The lowest BCUT2D eigenvalue weighted by Crippen LogP contribution is -2.34. The molecule has 0 fully saturated rings. The minimum absolute atomic E-state index is 0. The molecule has 0 aliphatic heterocycles. The Balaban J connectivity index is 0.00000480. The summed E-state index contributed by atoms with van der Waals surface area (Å²) in [5.74, 6) is 0.463. The van der Waals surface area contributed by atoms with Crippen molar-refractivity contribution in [2.45, 2.75) is 44.6 Å². The number of hydrogen-bond acceptors (Lipinski definition) is 8. The third-order valence-corrected chi connectivity index (χ3v) is 6.93. The van der Waals surface area contributed by atoms with Crippen molar-refractivity contribution in [2.75, 3.05) is 13.7 Å². The number of Topliss-reactive ketones (excluding diaryl/α,β-unsaturated/α-hetero) is 1. The third-order valence-electron chi connectivity index (χ3n) is 4.61. The lowest BCUT2D eigenvalue weighted by molar-refractivity contribution is 0.0956. The van der Waals surface area contributed by atoms with E-state index in [0.717, 1.165) is 11.9 Å². The molecule has 13 heteroatoms. The molecule has 0 spiro atoms. The lowest BCUT2D eigenvalue weighted by atomic mass is 10.1. The number of aryl methyl sites for hydroxylation is 1. The van der Waals surface area contributed by atoms with Crippen molar-refractivity contribution in [3.63, 3.8) is 0 Å². The van der Waals surface area contributed by atoms with Crippen LogP contribution < -0.4 is 21.3 Å². The lowest BCUT2D eigenvalue weighted by Gasteiger charge is -2.14. The molecule has 0 saturated heterocycles. The quantitative estimate of drug-likeness (QED) is 0.134. The Bertz CT molecular complexity index is 1020. The van der Waals surface area contributed by atoms with Crippen molar-refractivity contribution in [3.05, 3.63) is 39.3 Å². The van der Waals surface area contributed by atoms with E-state index in [1.807, 2.05) is 0 Å². The zero-order valence-corrected chi connectivity index (χ0v) is 21.5. The topological polar surface area (TPSA) is 136 Å². The van der Waals surface area contributed by atoms with Crippen LogP contribution in [0, 0.1) is 20.8 Å². The van der Waals surface area contributed by atoms with Crippen LogP contribution in [-0.2, 0) is 10.0 Å². The molecule has 4 N–H and O–H groups in total. The first-order valence-corrected chi connectivity index (χ1v) is 11.6. The number of benzene rings is 1. The predicted molar refractivity (Wildman–Crippen MR) is 132 cm³/mol. The summed E-state index contributed by atoms with van der Waals surface area (Å²) in [6, 6.07) is 1.07. The molecule has 180 valence electrons. The molecule has 2 aromatic rings. The predicted octanol–water partition coefficient (Wildman–Crippen LogP) is 2.72. The second kappa shape index (κ2) is 13.7. The van der Waals surface area contributed by atoms with Crippen LogP contribution in [0.3, 0.4) is 0 Å². The van der Waals surface area contributed by atoms with Crippen LogP contribution in [0.25, 0.3) is 0 Å². The number of hydrogen-bond donors (Lipinski definition) is 3. The molecular weight excluding hydrogens is 497 g/mol. The van der Waals surface area contributed by atoms with Crippen LogP contribution in [0.1, 0.15) is 39.3 Å². The maximum absolute atomic E-state index is 12.6. The summed E-state index contributed by atoms with van der Waals surface area (Å²) in [6.07, 6.45) is 3.75. The Morgan fingerprint density at radius 3 is 2.59 bits per heavy atom. The number of halogens is 2. The number of carbonyl (C=O) groups is 1. The van der Waals surface area contributed by atoms with Gasteiger partial charge in [-0.3, -0.25) is 4.79 Å². The number of hydrazine groups is 1. The number of nitrogens with zero attached hydrogens (tertiary/aromatic N) is 2. The van der Waals surface area contributed by atoms with Crippen molar-refractivity contribution in [2.24, 2.45) is 10.1 Å². The van der Waals surface area contributed by atoms with Crippen LogP contribution in [-0.4, -0.2) is 45.2 Å². The number of nitrogens with one attached hydrogen (secondary N) is 2. The number of ketones is 1. The van der Waals surface area contributed by atoms with Gasteiger partial charge in [-0.15, -0.1) is 40.5 Å². The molecule has 0 unspecified atom stereocenters. The van der Waals surface area contributed by atoms with E-state index in [1.54, 1.807) is 45.5 Å². The third kappa shape index (κ3) is 7.68. The fourth-order valence-corrected chi connectivity index (χ4v) is 4.88. The molecule has 1 atom stereocenters. The average molecular weight is 527 g/mol. The average Bonchev–Trinajstić information content (AvgIpc) is 3.23. The molecule has 0 amide bonds. The number of methoxy groups -OCH3 is 1. The fourth-order valence-electron chi connectivity index (χ4n) is 2.94. The van der Waals surface area contributed by atoms with E-state index >= 15 is 0 Å². The van der Waals surface area contributed by atoms with Gasteiger partial charge >= 0.3 is 0 Å². The van der Waals surface area contributed by atoms with E-state index in [9.17, 15) is 13.2 Å². The van der Waals surface area contributed by atoms with Crippen LogP contribution >= 0.6 is 36.2 Å². The number of nitrogens with two attached hydrogens (primary N) is 1. The highest BCUT2D eigenvalue weighted by molar-refractivity contribution is 7.90. The molecule has 0 bridgehead atoms. The van der Waals surface area contributed by atoms with E-state index in [2.05, 4.69) is 20.2 Å². The highest BCUT2D eigenvalue weighted by Crippen LogP contribution is 2.31. The highest BCUT2D eigenvalue weighted by atomic mass is 35.5. The van der Waals surface area contributed by atoms with Crippen molar-refractivity contribution < 1.29 is 17.9 Å². The SMILES string of the molecule is COc1cc(C)c(S(=O)(=O)N=CNNCCC[C@H](N)C(=O)c2nccs2)c(C)c1C.Cl.Cl. The molecular formula is C19H29Cl2N5O4S2. The number of ether oxygens (including phenoxy) is 1.